The van der Waals surface area contributed by atoms with Gasteiger partial charge in [0.05, 0.1) is 0 Å². The Kier molecular flexibility index (Phi) is 3.13. The molecule has 2 nitrogen and oxygen atoms in total. The van der Waals surface area contributed by atoms with E-state index in [4.69, 9.17) is 4.42 Å². The number of fused-ring (bicyclic) bond motifs is 1. The number of furan rings is 1. The molecule has 1 saturated carbocycles. The Bertz CT molecular complexity index is 535. The second kappa shape index (κ2) is 4.77. The fourth-order valence-corrected chi connectivity index (χ4v) is 3.16. The van der Waals surface area contributed by atoms with Gasteiger partial charge < -0.3 is 9.52 Å². The first-order valence-corrected chi connectivity index (χ1v) is 6.93. The van der Waals surface area contributed by atoms with E-state index in [1.807, 2.05) is 25.1 Å². The summed E-state index contributed by atoms with van der Waals surface area (Å²) < 4.78 is 5.83. The maximum atomic E-state index is 10.6. The molecule has 0 bridgehead atoms. The SMILES string of the molecule is Cc1oc(C(O)C2CCCCC2)c2ccccc12. The van der Waals surface area contributed by atoms with Gasteiger partial charge in [-0.15, -0.1) is 0 Å². The van der Waals surface area contributed by atoms with Crippen LogP contribution < -0.4 is 0 Å². The zero-order valence-electron chi connectivity index (χ0n) is 10.9. The van der Waals surface area contributed by atoms with Crippen LogP contribution in [0.5, 0.6) is 0 Å². The maximum absolute atomic E-state index is 10.6. The summed E-state index contributed by atoms with van der Waals surface area (Å²) in [4.78, 5) is 0. The van der Waals surface area contributed by atoms with Crippen molar-refractivity contribution in [3.05, 3.63) is 35.8 Å². The minimum absolute atomic E-state index is 0.368. The zero-order valence-corrected chi connectivity index (χ0v) is 10.9. The van der Waals surface area contributed by atoms with Crippen molar-refractivity contribution in [2.24, 2.45) is 5.92 Å². The smallest absolute Gasteiger partial charge is 0.140 e. The van der Waals surface area contributed by atoms with Crippen LogP contribution in [-0.2, 0) is 0 Å². The van der Waals surface area contributed by atoms with Gasteiger partial charge in [-0.25, -0.2) is 0 Å². The van der Waals surface area contributed by atoms with Gasteiger partial charge in [-0.3, -0.25) is 0 Å². The van der Waals surface area contributed by atoms with Gasteiger partial charge in [-0.05, 0) is 25.7 Å². The summed E-state index contributed by atoms with van der Waals surface area (Å²) in [5.74, 6) is 2.05. The predicted octanol–water partition coefficient (Wildman–Crippen LogP) is 4.35. The highest BCUT2D eigenvalue weighted by molar-refractivity contribution is 5.86. The lowest BCUT2D eigenvalue weighted by Crippen LogP contribution is -2.15. The number of aryl methyl sites for hydroxylation is 1. The molecule has 0 amide bonds. The highest BCUT2D eigenvalue weighted by Gasteiger charge is 2.27. The topological polar surface area (TPSA) is 33.4 Å². The third-order valence-electron chi connectivity index (χ3n) is 4.20. The van der Waals surface area contributed by atoms with Crippen LogP contribution in [0.3, 0.4) is 0 Å². The maximum Gasteiger partial charge on any atom is 0.140 e. The van der Waals surface area contributed by atoms with Crippen molar-refractivity contribution in [1.29, 1.82) is 0 Å². The fraction of sp³-hybridized carbons (Fsp3) is 0.500. The Balaban J connectivity index is 1.98. The van der Waals surface area contributed by atoms with E-state index in [2.05, 4.69) is 6.07 Å². The highest BCUT2D eigenvalue weighted by atomic mass is 16.4. The van der Waals surface area contributed by atoms with Crippen LogP contribution in [0.15, 0.2) is 28.7 Å². The van der Waals surface area contributed by atoms with Gasteiger partial charge in [0.1, 0.15) is 17.6 Å². The Labute approximate surface area is 108 Å². The van der Waals surface area contributed by atoms with E-state index in [9.17, 15) is 5.11 Å². The molecule has 18 heavy (non-hydrogen) atoms. The molecule has 0 saturated heterocycles. The summed E-state index contributed by atoms with van der Waals surface area (Å²) >= 11 is 0. The van der Waals surface area contributed by atoms with Gasteiger partial charge >= 0.3 is 0 Å². The van der Waals surface area contributed by atoms with E-state index >= 15 is 0 Å². The molecule has 1 aliphatic carbocycles. The van der Waals surface area contributed by atoms with Crippen molar-refractivity contribution >= 4 is 10.8 Å². The zero-order chi connectivity index (χ0) is 12.5. The molecule has 0 radical (unpaired) electrons. The van der Waals surface area contributed by atoms with E-state index < -0.39 is 6.10 Å². The van der Waals surface area contributed by atoms with Crippen LogP contribution in [0, 0.1) is 12.8 Å². The Morgan fingerprint density at radius 3 is 2.50 bits per heavy atom. The quantitative estimate of drug-likeness (QED) is 0.851. The third kappa shape index (κ3) is 1.95. The van der Waals surface area contributed by atoms with E-state index in [0.717, 1.165) is 35.1 Å². The second-order valence-electron chi connectivity index (χ2n) is 5.41. The van der Waals surface area contributed by atoms with Crippen LogP contribution in [0.4, 0.5) is 0 Å². The number of rotatable bonds is 2. The standard InChI is InChI=1S/C16H20O2/c1-11-13-9-5-6-10-14(13)16(18-11)15(17)12-7-3-2-4-8-12/h5-6,9-10,12,15,17H,2-4,7-8H2,1H3. The molecule has 2 heteroatoms. The van der Waals surface area contributed by atoms with Crippen LogP contribution in [0.25, 0.3) is 10.8 Å². The lowest BCUT2D eigenvalue weighted by molar-refractivity contribution is 0.0661. The molecule has 1 aromatic carbocycles. The van der Waals surface area contributed by atoms with E-state index in [0.29, 0.717) is 5.92 Å². The van der Waals surface area contributed by atoms with Crippen molar-refractivity contribution in [2.45, 2.75) is 45.1 Å². The first kappa shape index (κ1) is 11.8. The Morgan fingerprint density at radius 2 is 1.78 bits per heavy atom. The first-order chi connectivity index (χ1) is 8.77. The molecule has 1 atom stereocenters. The van der Waals surface area contributed by atoms with Crippen molar-refractivity contribution in [2.75, 3.05) is 0 Å². The molecule has 1 aliphatic rings. The van der Waals surface area contributed by atoms with E-state index in [1.165, 1.54) is 19.3 Å². The average molecular weight is 244 g/mol. The summed E-state index contributed by atoms with van der Waals surface area (Å²) in [6.07, 6.45) is 5.58. The largest absolute Gasteiger partial charge is 0.462 e. The number of hydrogen-bond donors (Lipinski definition) is 1. The highest BCUT2D eigenvalue weighted by Crippen LogP contribution is 2.38. The molecule has 96 valence electrons. The Hall–Kier alpha value is -1.28. The molecule has 1 aromatic heterocycles. The Morgan fingerprint density at radius 1 is 1.11 bits per heavy atom. The molecule has 1 N–H and O–H groups in total. The molecule has 3 rings (SSSR count). The van der Waals surface area contributed by atoms with Crippen LogP contribution >= 0.6 is 0 Å². The van der Waals surface area contributed by atoms with Crippen molar-refractivity contribution < 1.29 is 9.52 Å². The van der Waals surface area contributed by atoms with E-state index in [-0.39, 0.29) is 0 Å². The molecule has 0 aliphatic heterocycles. The summed E-state index contributed by atoms with van der Waals surface area (Å²) in [6.45, 7) is 1.97. The van der Waals surface area contributed by atoms with E-state index in [1.54, 1.807) is 0 Å². The summed E-state index contributed by atoms with van der Waals surface area (Å²) in [7, 11) is 0. The molecule has 0 spiro atoms. The van der Waals surface area contributed by atoms with Crippen molar-refractivity contribution in [1.82, 2.24) is 0 Å². The minimum atomic E-state index is -0.441. The molecular formula is C16H20O2. The second-order valence-corrected chi connectivity index (χ2v) is 5.41. The summed E-state index contributed by atoms with van der Waals surface area (Å²) in [6, 6.07) is 8.13. The fourth-order valence-electron chi connectivity index (χ4n) is 3.16. The number of aliphatic hydroxyl groups excluding tert-OH is 1. The molecule has 1 unspecified atom stereocenters. The molecule has 1 fully saturated rings. The minimum Gasteiger partial charge on any atom is -0.462 e. The van der Waals surface area contributed by atoms with Gasteiger partial charge in [-0.2, -0.15) is 0 Å². The third-order valence-corrected chi connectivity index (χ3v) is 4.20. The summed E-state index contributed by atoms with van der Waals surface area (Å²) in [5, 5.41) is 12.8. The van der Waals surface area contributed by atoms with Gasteiger partial charge in [0.25, 0.3) is 0 Å². The lowest BCUT2D eigenvalue weighted by atomic mass is 9.84. The van der Waals surface area contributed by atoms with Crippen LogP contribution in [0.1, 0.15) is 49.7 Å². The predicted molar refractivity (Wildman–Crippen MR) is 72.5 cm³/mol. The van der Waals surface area contributed by atoms with Gasteiger partial charge in [0, 0.05) is 10.8 Å². The number of benzene rings is 1. The number of aliphatic hydroxyl groups is 1. The first-order valence-electron chi connectivity index (χ1n) is 6.93. The average Bonchev–Trinajstić information content (AvgIpc) is 2.77. The molecule has 1 heterocycles. The van der Waals surface area contributed by atoms with Gasteiger partial charge in [0.15, 0.2) is 0 Å². The molecule has 2 aromatic rings. The summed E-state index contributed by atoms with van der Waals surface area (Å²) in [5.41, 5.74) is 0. The van der Waals surface area contributed by atoms with Crippen LogP contribution in [-0.4, -0.2) is 5.11 Å². The normalized spacial score (nSPS) is 19.2. The number of hydrogen-bond acceptors (Lipinski definition) is 2. The van der Waals surface area contributed by atoms with Gasteiger partial charge in [-0.1, -0.05) is 43.5 Å². The van der Waals surface area contributed by atoms with Crippen molar-refractivity contribution in [3.8, 4) is 0 Å². The van der Waals surface area contributed by atoms with Crippen molar-refractivity contribution in [3.63, 3.8) is 0 Å². The monoisotopic (exact) mass is 244 g/mol. The molecular weight excluding hydrogens is 224 g/mol. The van der Waals surface area contributed by atoms with Crippen LogP contribution in [0.2, 0.25) is 0 Å². The lowest BCUT2D eigenvalue weighted by Gasteiger charge is -2.25. The van der Waals surface area contributed by atoms with Gasteiger partial charge in [0.2, 0.25) is 0 Å².